The van der Waals surface area contributed by atoms with Crippen molar-refractivity contribution in [3.8, 4) is 0 Å². The summed E-state index contributed by atoms with van der Waals surface area (Å²) < 4.78 is 27.2. The van der Waals surface area contributed by atoms with Crippen LogP contribution in [0, 0.1) is 6.92 Å². The minimum Gasteiger partial charge on any atom is -0.369 e. The van der Waals surface area contributed by atoms with Crippen molar-refractivity contribution < 1.29 is 8.42 Å². The van der Waals surface area contributed by atoms with Crippen LogP contribution in [0.1, 0.15) is 18.9 Å². The van der Waals surface area contributed by atoms with Gasteiger partial charge in [0, 0.05) is 49.3 Å². The minimum absolute atomic E-state index is 0.0650. The molecule has 1 aliphatic rings. The zero-order valence-electron chi connectivity index (χ0n) is 20.5. The smallest absolute Gasteiger partial charge is 0.232 e. The first kappa shape index (κ1) is 24.7. The number of hydrogen-bond acceptors (Lipinski definition) is 8. The molecule has 1 aromatic heterocycles. The maximum Gasteiger partial charge on any atom is 0.232 e. The van der Waals surface area contributed by atoms with Crippen molar-refractivity contribution >= 4 is 44.5 Å². The van der Waals surface area contributed by atoms with Gasteiger partial charge in [-0.15, -0.1) is 0 Å². The second-order valence-corrected chi connectivity index (χ2v) is 10.6. The second-order valence-electron chi connectivity index (χ2n) is 8.78. The van der Waals surface area contributed by atoms with Crippen LogP contribution in [0.25, 0.3) is 0 Å². The van der Waals surface area contributed by atoms with Crippen LogP contribution in [0.4, 0.5) is 34.5 Å². The molecule has 1 aliphatic heterocycles. The molecule has 186 valence electrons. The van der Waals surface area contributed by atoms with E-state index >= 15 is 0 Å². The molecule has 0 saturated carbocycles. The van der Waals surface area contributed by atoms with Crippen molar-refractivity contribution in [2.75, 3.05) is 59.2 Å². The van der Waals surface area contributed by atoms with Crippen LogP contribution in [0.2, 0.25) is 0 Å². The molecule has 0 bridgehead atoms. The van der Waals surface area contributed by atoms with Crippen molar-refractivity contribution in [1.29, 1.82) is 0 Å². The summed E-state index contributed by atoms with van der Waals surface area (Å²) in [5, 5.41) is 6.52. The van der Waals surface area contributed by atoms with E-state index in [2.05, 4.69) is 54.3 Å². The van der Waals surface area contributed by atoms with Crippen molar-refractivity contribution in [2.45, 2.75) is 20.3 Å². The fraction of sp³-hybridized carbons (Fsp3) is 0.360. The summed E-state index contributed by atoms with van der Waals surface area (Å²) in [6, 6.07) is 15.5. The quantitative estimate of drug-likeness (QED) is 0.406. The average Bonchev–Trinajstić information content (AvgIpc) is 2.83. The molecule has 3 aromatic rings. The highest BCUT2D eigenvalue weighted by atomic mass is 32.2. The van der Waals surface area contributed by atoms with Gasteiger partial charge in [-0.2, -0.15) is 4.98 Å². The molecule has 35 heavy (non-hydrogen) atoms. The summed E-state index contributed by atoms with van der Waals surface area (Å²) in [6.07, 6.45) is 2.28. The lowest BCUT2D eigenvalue weighted by Crippen LogP contribution is -2.44. The van der Waals surface area contributed by atoms with E-state index in [0.29, 0.717) is 29.6 Å². The number of para-hydroxylation sites is 2. The first-order chi connectivity index (χ1) is 16.8. The summed E-state index contributed by atoms with van der Waals surface area (Å²) >= 11 is 0. The highest BCUT2D eigenvalue weighted by Crippen LogP contribution is 2.28. The molecule has 0 atom stereocenters. The van der Waals surface area contributed by atoms with Gasteiger partial charge in [0.05, 0.1) is 17.1 Å². The lowest BCUT2D eigenvalue weighted by atomic mass is 10.2. The predicted octanol–water partition coefficient (Wildman–Crippen LogP) is 4.18. The standard InChI is InChI=1S/C25H33N7O2S/c1-4-17-35(33,34)30-23-8-6-5-7-22(23)28-24-19(2)18-26-25(29-24)27-20-9-11-21(12-10-20)32-15-13-31(3)14-16-32/h5-12,18,30H,4,13-17H2,1-3H3,(H2,26,27,28,29). The third-order valence-corrected chi connectivity index (χ3v) is 7.36. The van der Waals surface area contributed by atoms with Crippen molar-refractivity contribution in [3.63, 3.8) is 0 Å². The highest BCUT2D eigenvalue weighted by molar-refractivity contribution is 7.92. The molecule has 3 N–H and O–H groups in total. The van der Waals surface area contributed by atoms with E-state index in [1.165, 1.54) is 5.69 Å². The van der Waals surface area contributed by atoms with Crippen molar-refractivity contribution in [2.24, 2.45) is 0 Å². The number of hydrogen-bond donors (Lipinski definition) is 3. The van der Waals surface area contributed by atoms with E-state index in [9.17, 15) is 8.42 Å². The van der Waals surface area contributed by atoms with Crippen LogP contribution < -0.4 is 20.3 Å². The molecule has 1 saturated heterocycles. The Hall–Kier alpha value is -3.37. The molecule has 10 heteroatoms. The van der Waals surface area contributed by atoms with Crippen molar-refractivity contribution in [3.05, 3.63) is 60.3 Å². The van der Waals surface area contributed by atoms with Gasteiger partial charge in [-0.25, -0.2) is 13.4 Å². The molecule has 2 heterocycles. The zero-order valence-corrected chi connectivity index (χ0v) is 21.3. The number of nitrogens with one attached hydrogen (secondary N) is 3. The Morgan fingerprint density at radius 3 is 2.31 bits per heavy atom. The van der Waals surface area contributed by atoms with E-state index in [1.54, 1.807) is 18.3 Å². The molecule has 2 aromatic carbocycles. The van der Waals surface area contributed by atoms with E-state index in [0.717, 1.165) is 37.4 Å². The lowest BCUT2D eigenvalue weighted by molar-refractivity contribution is 0.313. The van der Waals surface area contributed by atoms with Gasteiger partial charge in [0.1, 0.15) is 5.82 Å². The van der Waals surface area contributed by atoms with Gasteiger partial charge >= 0.3 is 0 Å². The average molecular weight is 496 g/mol. The third-order valence-electron chi connectivity index (χ3n) is 5.88. The lowest BCUT2D eigenvalue weighted by Gasteiger charge is -2.34. The summed E-state index contributed by atoms with van der Waals surface area (Å²) in [7, 11) is -1.26. The Morgan fingerprint density at radius 1 is 0.943 bits per heavy atom. The number of nitrogens with zero attached hydrogens (tertiary/aromatic N) is 4. The van der Waals surface area contributed by atoms with Crippen LogP contribution in [-0.4, -0.2) is 62.3 Å². The van der Waals surface area contributed by atoms with E-state index in [4.69, 9.17) is 0 Å². The van der Waals surface area contributed by atoms with Crippen LogP contribution in [0.5, 0.6) is 0 Å². The molecular formula is C25H33N7O2S. The monoisotopic (exact) mass is 495 g/mol. The number of aryl methyl sites for hydroxylation is 1. The molecule has 0 spiro atoms. The van der Waals surface area contributed by atoms with Crippen LogP contribution in [0.3, 0.4) is 0 Å². The molecule has 0 unspecified atom stereocenters. The Morgan fingerprint density at radius 2 is 1.63 bits per heavy atom. The normalized spacial score (nSPS) is 14.5. The predicted molar refractivity (Wildman–Crippen MR) is 144 cm³/mol. The highest BCUT2D eigenvalue weighted by Gasteiger charge is 2.15. The minimum atomic E-state index is -3.41. The zero-order chi connectivity index (χ0) is 24.8. The van der Waals surface area contributed by atoms with E-state index in [-0.39, 0.29) is 5.75 Å². The summed E-state index contributed by atoms with van der Waals surface area (Å²) in [5.41, 5.74) is 4.04. The summed E-state index contributed by atoms with van der Waals surface area (Å²) in [6.45, 7) is 7.92. The first-order valence-corrected chi connectivity index (χ1v) is 13.5. The Labute approximate surface area is 207 Å². The summed E-state index contributed by atoms with van der Waals surface area (Å²) in [4.78, 5) is 13.8. The number of sulfonamides is 1. The molecule has 1 fully saturated rings. The van der Waals surface area contributed by atoms with Gasteiger partial charge in [0.2, 0.25) is 16.0 Å². The van der Waals surface area contributed by atoms with Gasteiger partial charge in [0.15, 0.2) is 0 Å². The van der Waals surface area contributed by atoms with E-state index in [1.807, 2.05) is 38.1 Å². The molecule has 9 nitrogen and oxygen atoms in total. The van der Waals surface area contributed by atoms with E-state index < -0.39 is 10.0 Å². The maximum absolute atomic E-state index is 12.3. The van der Waals surface area contributed by atoms with Crippen LogP contribution in [0.15, 0.2) is 54.7 Å². The van der Waals surface area contributed by atoms with Gasteiger partial charge in [0.25, 0.3) is 0 Å². The number of benzene rings is 2. The molecular weight excluding hydrogens is 462 g/mol. The largest absolute Gasteiger partial charge is 0.369 e. The Bertz CT molecular complexity index is 1240. The second kappa shape index (κ2) is 10.9. The van der Waals surface area contributed by atoms with Crippen LogP contribution >= 0.6 is 0 Å². The van der Waals surface area contributed by atoms with Gasteiger partial charge < -0.3 is 20.4 Å². The SMILES string of the molecule is CCCS(=O)(=O)Nc1ccccc1Nc1nc(Nc2ccc(N3CCN(C)CC3)cc2)ncc1C. The van der Waals surface area contributed by atoms with Crippen molar-refractivity contribution in [1.82, 2.24) is 14.9 Å². The Balaban J connectivity index is 1.47. The molecule has 0 radical (unpaired) electrons. The number of anilines is 6. The number of aromatic nitrogens is 2. The third kappa shape index (κ3) is 6.61. The van der Waals surface area contributed by atoms with Crippen LogP contribution in [-0.2, 0) is 10.0 Å². The number of piperazine rings is 1. The maximum atomic E-state index is 12.3. The van der Waals surface area contributed by atoms with Gasteiger partial charge in [-0.05, 0) is 56.8 Å². The van der Waals surface area contributed by atoms with Gasteiger partial charge in [-0.3, -0.25) is 4.72 Å². The first-order valence-electron chi connectivity index (χ1n) is 11.8. The number of rotatable bonds is 9. The topological polar surface area (TPSA) is 102 Å². The fourth-order valence-electron chi connectivity index (χ4n) is 3.87. The summed E-state index contributed by atoms with van der Waals surface area (Å²) in [5.74, 6) is 1.11. The number of likely N-dealkylation sites (N-methyl/N-ethyl adjacent to an activating group) is 1. The molecule has 4 rings (SSSR count). The molecule has 0 amide bonds. The molecule has 0 aliphatic carbocycles. The Kier molecular flexibility index (Phi) is 7.72. The van der Waals surface area contributed by atoms with Gasteiger partial charge in [-0.1, -0.05) is 19.1 Å². The fourth-order valence-corrected chi connectivity index (χ4v) is 5.03.